The lowest BCUT2D eigenvalue weighted by molar-refractivity contribution is -0.160. The van der Waals surface area contributed by atoms with Gasteiger partial charge >= 0.3 is 11.8 Å². The number of rotatable bonds is 4. The molecular weight excluding hydrogens is 714 g/mol. The molecule has 55 heavy (non-hydrogen) atoms. The number of ketones is 2. The lowest BCUT2D eigenvalue weighted by atomic mass is 9.78. The van der Waals surface area contributed by atoms with Crippen molar-refractivity contribution in [1.29, 1.82) is 0 Å². The minimum atomic E-state index is -2.07. The molecule has 0 aromatic heterocycles. The Labute approximate surface area is 319 Å². The Kier molecular flexibility index (Phi) is 12.9. The number of aliphatic hydroxyl groups is 2. The Hall–Kier alpha value is -5.18. The van der Waals surface area contributed by atoms with Crippen LogP contribution < -0.4 is 10.1 Å². The molecule has 9 unspecified atom stereocenters. The minimum Gasteiger partial charge on any atom is -0.507 e. The normalized spacial score (nSPS) is 30.8. The molecule has 0 radical (unpaired) electrons. The second-order valence-electron chi connectivity index (χ2n) is 14.6. The Morgan fingerprint density at radius 3 is 2.16 bits per heavy atom. The molecule has 14 nitrogen and oxygen atoms in total. The summed E-state index contributed by atoms with van der Waals surface area (Å²) >= 11 is 0. The van der Waals surface area contributed by atoms with Crippen LogP contribution in [-0.2, 0) is 28.6 Å². The average molecular weight is 766 g/mol. The highest BCUT2D eigenvalue weighted by molar-refractivity contribution is 6.23. The Bertz CT molecular complexity index is 2000. The molecule has 6 N–H and O–H groups in total. The molecule has 9 atom stereocenters. The number of methoxy groups -OCH3 is 1. The number of amides is 1. The van der Waals surface area contributed by atoms with Crippen LogP contribution >= 0.6 is 0 Å². The van der Waals surface area contributed by atoms with Gasteiger partial charge in [-0.3, -0.25) is 19.2 Å². The molecule has 0 aliphatic carbocycles. The highest BCUT2D eigenvalue weighted by Gasteiger charge is 2.50. The number of carbonyl (C=O) groups is 4. The summed E-state index contributed by atoms with van der Waals surface area (Å²) in [7, 11) is 1.42. The molecule has 2 aromatic rings. The van der Waals surface area contributed by atoms with Gasteiger partial charge in [-0.1, -0.05) is 45.9 Å². The number of nitrogens with one attached hydrogen (secondary N) is 1. The lowest BCUT2D eigenvalue weighted by Gasteiger charge is -2.38. The van der Waals surface area contributed by atoms with E-state index >= 15 is 0 Å². The van der Waals surface area contributed by atoms with Crippen molar-refractivity contribution in [1.82, 2.24) is 0 Å². The number of esters is 1. The number of phenols is 3. The molecule has 1 amide bonds. The zero-order valence-electron chi connectivity index (χ0n) is 32.7. The molecule has 14 heteroatoms. The number of aromatic hydroxyl groups is 3. The van der Waals surface area contributed by atoms with Crippen LogP contribution in [-0.4, -0.2) is 86.3 Å². The van der Waals surface area contributed by atoms with Crippen molar-refractivity contribution in [2.24, 2.45) is 23.7 Å². The number of allylic oxidation sites excluding steroid dienone is 3. The number of benzene rings is 2. The number of fused-ring (bicyclic) bond motifs is 14. The lowest BCUT2D eigenvalue weighted by Crippen LogP contribution is -2.46. The number of carbonyl (C=O) groups excluding carboxylic acids is 4. The summed E-state index contributed by atoms with van der Waals surface area (Å²) in [5, 5.41) is 59.4. The SMILES string of the molecule is COC1C=COC2(C)Oc3c(C)c(O)c4c(O)c(c(/C=C/C(C)=O)c(O)c4c3C2=O)NC(=O)/C(C)=C\C=C/C(C)C(O)C(C)C(O)C(C)C(OC(C)=O)C1C. The highest BCUT2D eigenvalue weighted by Crippen LogP contribution is 2.55. The number of hydrogen-bond acceptors (Lipinski definition) is 13. The predicted octanol–water partition coefficient (Wildman–Crippen LogP) is 5.36. The van der Waals surface area contributed by atoms with Gasteiger partial charge < -0.3 is 49.8 Å². The van der Waals surface area contributed by atoms with E-state index in [1.54, 1.807) is 39.8 Å². The van der Waals surface area contributed by atoms with Crippen LogP contribution in [0.1, 0.15) is 76.9 Å². The maximum Gasteiger partial charge on any atom is 0.312 e. The largest absolute Gasteiger partial charge is 0.507 e. The van der Waals surface area contributed by atoms with E-state index in [1.807, 2.05) is 0 Å². The highest BCUT2D eigenvalue weighted by atomic mass is 16.7. The van der Waals surface area contributed by atoms with E-state index < -0.39 is 94.6 Å². The molecular formula is C41H51NO13. The van der Waals surface area contributed by atoms with E-state index in [4.69, 9.17) is 18.9 Å². The van der Waals surface area contributed by atoms with Crippen molar-refractivity contribution in [3.63, 3.8) is 0 Å². The van der Waals surface area contributed by atoms with Gasteiger partial charge in [-0.05, 0) is 39.0 Å². The van der Waals surface area contributed by atoms with Crippen molar-refractivity contribution in [2.45, 2.75) is 92.5 Å². The van der Waals surface area contributed by atoms with Crippen LogP contribution in [0.3, 0.4) is 0 Å². The fourth-order valence-electron chi connectivity index (χ4n) is 7.11. The molecule has 5 bridgehead atoms. The first-order chi connectivity index (χ1) is 25.7. The fraction of sp³-hybridized carbons (Fsp3) is 0.463. The van der Waals surface area contributed by atoms with Gasteiger partial charge in [-0.25, -0.2) is 0 Å². The molecule has 0 spiro atoms. The summed E-state index contributed by atoms with van der Waals surface area (Å²) in [6.45, 7) is 13.6. The van der Waals surface area contributed by atoms with Crippen molar-refractivity contribution >= 4 is 46.0 Å². The van der Waals surface area contributed by atoms with Gasteiger partial charge in [0.05, 0.1) is 41.2 Å². The van der Waals surface area contributed by atoms with Crippen LogP contribution in [0, 0.1) is 30.6 Å². The van der Waals surface area contributed by atoms with E-state index in [0.717, 1.165) is 12.2 Å². The number of aliphatic hydroxyl groups excluding tert-OH is 2. The number of hydrogen-bond donors (Lipinski definition) is 6. The summed E-state index contributed by atoms with van der Waals surface area (Å²) in [6.07, 6.45) is 5.58. The van der Waals surface area contributed by atoms with Crippen LogP contribution in [0.25, 0.3) is 16.8 Å². The Morgan fingerprint density at radius 2 is 1.56 bits per heavy atom. The molecule has 3 heterocycles. The van der Waals surface area contributed by atoms with Gasteiger partial charge in [-0.15, -0.1) is 0 Å². The topological polar surface area (TPSA) is 218 Å². The third-order valence-electron chi connectivity index (χ3n) is 10.5. The monoisotopic (exact) mass is 765 g/mol. The molecule has 298 valence electrons. The molecule has 5 rings (SSSR count). The quantitative estimate of drug-likeness (QED) is 0.100. The van der Waals surface area contributed by atoms with E-state index in [0.29, 0.717) is 0 Å². The molecule has 0 fully saturated rings. The van der Waals surface area contributed by atoms with Gasteiger partial charge in [0, 0.05) is 66.7 Å². The van der Waals surface area contributed by atoms with Crippen molar-refractivity contribution in [3.05, 3.63) is 58.9 Å². The van der Waals surface area contributed by atoms with Gasteiger partial charge in [0.1, 0.15) is 23.4 Å². The zero-order chi connectivity index (χ0) is 41.3. The van der Waals surface area contributed by atoms with Crippen LogP contribution in [0.5, 0.6) is 23.0 Å². The van der Waals surface area contributed by atoms with Crippen LogP contribution in [0.4, 0.5) is 5.69 Å². The van der Waals surface area contributed by atoms with E-state index in [1.165, 1.54) is 60.1 Å². The van der Waals surface area contributed by atoms with Crippen molar-refractivity contribution in [2.75, 3.05) is 12.4 Å². The smallest absolute Gasteiger partial charge is 0.312 e. The standard InChI is InChI=1S/C41H51NO13/c1-18-12-11-13-19(2)40(51)42-31-26(15-14-20(3)43)35(48)28-29(36(31)49)34(47)24(7)38-30(28)39(50)41(9,55-38)53-17-16-27(52-10)21(4)37(54-25(8)44)23(6)33(46)22(5)32(18)45/h11-18,21-23,27,32-33,37,45-49H,1-10H3,(H,42,51)/b12-11-,15-14+,17-16?,19-13-. The summed E-state index contributed by atoms with van der Waals surface area (Å²) in [4.78, 5) is 52.0. The maximum atomic E-state index is 14.2. The second kappa shape index (κ2) is 16.7. The third kappa shape index (κ3) is 8.26. The zero-order valence-corrected chi connectivity index (χ0v) is 32.7. The average Bonchev–Trinajstić information content (AvgIpc) is 3.39. The first-order valence-electron chi connectivity index (χ1n) is 17.9. The van der Waals surface area contributed by atoms with Crippen LogP contribution in [0.15, 0.2) is 42.2 Å². The second-order valence-corrected chi connectivity index (χ2v) is 14.6. The maximum absolute atomic E-state index is 14.2. The third-order valence-corrected chi connectivity index (χ3v) is 10.5. The number of phenolic OH excluding ortho intramolecular Hbond substituents is 3. The first kappa shape index (κ1) is 42.6. The van der Waals surface area contributed by atoms with E-state index in [9.17, 15) is 44.7 Å². The first-order valence-corrected chi connectivity index (χ1v) is 17.9. The van der Waals surface area contributed by atoms with Crippen molar-refractivity contribution in [3.8, 4) is 23.0 Å². The van der Waals surface area contributed by atoms with Gasteiger partial charge in [0.15, 0.2) is 11.5 Å². The van der Waals surface area contributed by atoms with Crippen LogP contribution in [0.2, 0.25) is 0 Å². The summed E-state index contributed by atoms with van der Waals surface area (Å²) < 4.78 is 23.3. The fourth-order valence-corrected chi connectivity index (χ4v) is 7.11. The Balaban J connectivity index is 1.98. The van der Waals surface area contributed by atoms with E-state index in [2.05, 4.69) is 5.32 Å². The summed E-state index contributed by atoms with van der Waals surface area (Å²) in [6, 6.07) is 0. The molecule has 3 aliphatic rings. The van der Waals surface area contributed by atoms with E-state index in [-0.39, 0.29) is 44.5 Å². The molecule has 3 aliphatic heterocycles. The Morgan fingerprint density at radius 1 is 0.909 bits per heavy atom. The molecule has 0 saturated heterocycles. The van der Waals surface area contributed by atoms with Crippen molar-refractivity contribution < 1.29 is 63.7 Å². The molecule has 2 aromatic carbocycles. The molecule has 0 saturated carbocycles. The van der Waals surface area contributed by atoms with Gasteiger partial charge in [0.25, 0.3) is 11.7 Å². The number of anilines is 1. The summed E-state index contributed by atoms with van der Waals surface area (Å²) in [5.74, 6) is -9.23. The number of ether oxygens (including phenoxy) is 4. The minimum absolute atomic E-state index is 0.0172. The predicted molar refractivity (Wildman–Crippen MR) is 204 cm³/mol. The summed E-state index contributed by atoms with van der Waals surface area (Å²) in [5.41, 5.74) is -0.686. The van der Waals surface area contributed by atoms with Gasteiger partial charge in [0.2, 0.25) is 0 Å². The number of Topliss-reactive ketones (excluding diaryl/α,β-unsaturated/α-hetero) is 1. The van der Waals surface area contributed by atoms with Gasteiger partial charge in [-0.2, -0.15) is 0 Å².